The molecule has 4 nitrogen and oxygen atoms in total. The van der Waals surface area contributed by atoms with Crippen LogP contribution in [0.15, 0.2) is 24.3 Å². The molecule has 4 heteroatoms. The van der Waals surface area contributed by atoms with Crippen LogP contribution >= 0.6 is 0 Å². The van der Waals surface area contributed by atoms with Gasteiger partial charge in [-0.2, -0.15) is 0 Å². The maximum atomic E-state index is 10.6. The van der Waals surface area contributed by atoms with Crippen molar-refractivity contribution in [1.82, 2.24) is 0 Å². The third kappa shape index (κ3) is 3.64. The molecule has 0 aliphatic carbocycles. The molecule has 0 saturated carbocycles. The summed E-state index contributed by atoms with van der Waals surface area (Å²) >= 11 is 0. The lowest BCUT2D eigenvalue weighted by molar-refractivity contribution is -0.138. The summed E-state index contributed by atoms with van der Waals surface area (Å²) in [5.74, 6) is -1.05. The maximum Gasteiger partial charge on any atom is 0.325 e. The summed E-state index contributed by atoms with van der Waals surface area (Å²) in [5, 5.41) is 18.3. The molecule has 0 aromatic heterocycles. The lowest BCUT2D eigenvalue weighted by atomic mass is 9.97. The molecule has 0 spiro atoms. The molecule has 0 aliphatic heterocycles. The van der Waals surface area contributed by atoms with E-state index in [1.807, 2.05) is 0 Å². The Morgan fingerprint density at radius 3 is 2.25 bits per heavy atom. The maximum absolute atomic E-state index is 10.6. The van der Waals surface area contributed by atoms with E-state index in [0.717, 1.165) is 5.56 Å². The van der Waals surface area contributed by atoms with Crippen LogP contribution < -0.4 is 5.73 Å². The third-order valence-electron chi connectivity index (χ3n) is 2.24. The van der Waals surface area contributed by atoms with Crippen LogP contribution in [0.4, 0.5) is 0 Å². The first-order valence-electron chi connectivity index (χ1n) is 5.09. The molecule has 88 valence electrons. The van der Waals surface area contributed by atoms with Crippen LogP contribution in [-0.2, 0) is 11.2 Å². The predicted molar refractivity (Wildman–Crippen MR) is 61.0 cm³/mol. The molecule has 0 fully saturated rings. The van der Waals surface area contributed by atoms with Crippen molar-refractivity contribution in [3.05, 3.63) is 35.4 Å². The Balaban J connectivity index is 2.79. The Bertz CT molecular complexity index is 365. The predicted octanol–water partition coefficient (Wildman–Crippen LogP) is 1.08. The first kappa shape index (κ1) is 12.7. The highest BCUT2D eigenvalue weighted by Crippen LogP contribution is 2.16. The highest BCUT2D eigenvalue weighted by Gasteiger charge is 2.16. The average molecular weight is 223 g/mol. The average Bonchev–Trinajstić information content (AvgIpc) is 2.15. The highest BCUT2D eigenvalue weighted by atomic mass is 16.4. The van der Waals surface area contributed by atoms with Gasteiger partial charge in [0.15, 0.2) is 0 Å². The first-order valence-corrected chi connectivity index (χ1v) is 5.09. The standard InChI is InChI=1S/C12H17NO3/c1-12(2,16)7-8-3-5-9(6-4-8)10(13)11(14)15/h3-6,10,16H,7,13H2,1-2H3,(H,14,15). The van der Waals surface area contributed by atoms with E-state index >= 15 is 0 Å². The van der Waals surface area contributed by atoms with Crippen LogP contribution in [0.2, 0.25) is 0 Å². The van der Waals surface area contributed by atoms with Crippen molar-refractivity contribution in [2.45, 2.75) is 31.9 Å². The van der Waals surface area contributed by atoms with Crippen molar-refractivity contribution in [3.63, 3.8) is 0 Å². The van der Waals surface area contributed by atoms with Crippen LogP contribution in [0.25, 0.3) is 0 Å². The van der Waals surface area contributed by atoms with Gasteiger partial charge in [-0.15, -0.1) is 0 Å². The minimum Gasteiger partial charge on any atom is -0.480 e. The van der Waals surface area contributed by atoms with Crippen LogP contribution in [0.5, 0.6) is 0 Å². The summed E-state index contributed by atoms with van der Waals surface area (Å²) in [5.41, 5.74) is 6.21. The molecule has 1 aromatic carbocycles. The molecule has 1 atom stereocenters. The van der Waals surface area contributed by atoms with Crippen molar-refractivity contribution < 1.29 is 15.0 Å². The molecule has 0 heterocycles. The van der Waals surface area contributed by atoms with Crippen molar-refractivity contribution in [2.24, 2.45) is 5.73 Å². The second-order valence-corrected chi connectivity index (χ2v) is 4.55. The van der Waals surface area contributed by atoms with Gasteiger partial charge in [-0.25, -0.2) is 0 Å². The quantitative estimate of drug-likeness (QED) is 0.713. The topological polar surface area (TPSA) is 83.5 Å². The second-order valence-electron chi connectivity index (χ2n) is 4.55. The minimum atomic E-state index is -1.05. The largest absolute Gasteiger partial charge is 0.480 e. The Labute approximate surface area is 94.7 Å². The van der Waals surface area contributed by atoms with E-state index in [1.165, 1.54) is 0 Å². The van der Waals surface area contributed by atoms with Gasteiger partial charge in [0.2, 0.25) is 0 Å². The van der Waals surface area contributed by atoms with Crippen molar-refractivity contribution >= 4 is 5.97 Å². The second kappa shape index (κ2) is 4.63. The smallest absolute Gasteiger partial charge is 0.325 e. The summed E-state index contributed by atoms with van der Waals surface area (Å²) < 4.78 is 0. The van der Waals surface area contributed by atoms with Gasteiger partial charge in [0.05, 0.1) is 5.60 Å². The number of nitrogens with two attached hydrogens (primary N) is 1. The summed E-state index contributed by atoms with van der Waals surface area (Å²) in [6.07, 6.45) is 0.523. The summed E-state index contributed by atoms with van der Waals surface area (Å²) in [6.45, 7) is 3.45. The normalized spacial score (nSPS) is 13.5. The molecule has 1 aromatic rings. The number of aliphatic carboxylic acids is 1. The number of carboxylic acids is 1. The number of carboxylic acid groups (broad SMARTS) is 1. The zero-order chi connectivity index (χ0) is 12.3. The molecule has 0 amide bonds. The van der Waals surface area contributed by atoms with E-state index in [4.69, 9.17) is 10.8 Å². The Morgan fingerprint density at radius 2 is 1.88 bits per heavy atom. The van der Waals surface area contributed by atoms with Gasteiger partial charge in [-0.3, -0.25) is 4.79 Å². The lowest BCUT2D eigenvalue weighted by Gasteiger charge is -2.17. The van der Waals surface area contributed by atoms with Gasteiger partial charge in [-0.1, -0.05) is 24.3 Å². The van der Waals surface area contributed by atoms with E-state index in [2.05, 4.69) is 0 Å². The number of benzene rings is 1. The number of hydrogen-bond acceptors (Lipinski definition) is 3. The van der Waals surface area contributed by atoms with E-state index in [9.17, 15) is 9.90 Å². The van der Waals surface area contributed by atoms with Gasteiger partial charge in [0, 0.05) is 6.42 Å². The third-order valence-corrected chi connectivity index (χ3v) is 2.24. The van der Waals surface area contributed by atoms with Crippen molar-refractivity contribution in [2.75, 3.05) is 0 Å². The van der Waals surface area contributed by atoms with Crippen LogP contribution in [0.3, 0.4) is 0 Å². The molecule has 16 heavy (non-hydrogen) atoms. The molecule has 4 N–H and O–H groups in total. The number of carbonyl (C=O) groups is 1. The fraction of sp³-hybridized carbons (Fsp3) is 0.417. The fourth-order valence-corrected chi connectivity index (χ4v) is 1.48. The van der Waals surface area contributed by atoms with E-state index in [0.29, 0.717) is 12.0 Å². The monoisotopic (exact) mass is 223 g/mol. The summed E-state index contributed by atoms with van der Waals surface area (Å²) in [4.78, 5) is 10.6. The minimum absolute atomic E-state index is 0.523. The number of aliphatic hydroxyl groups is 1. The SMILES string of the molecule is CC(C)(O)Cc1ccc(C(N)C(=O)O)cc1. The molecule has 1 rings (SSSR count). The Kier molecular flexibility index (Phi) is 3.67. The molecule has 1 unspecified atom stereocenters. The molecule has 0 radical (unpaired) electrons. The molecule has 0 saturated heterocycles. The lowest BCUT2D eigenvalue weighted by Crippen LogP contribution is -2.22. The van der Waals surface area contributed by atoms with Crippen molar-refractivity contribution in [3.8, 4) is 0 Å². The zero-order valence-corrected chi connectivity index (χ0v) is 9.47. The molecule has 0 aliphatic rings. The molecule has 0 bridgehead atoms. The Hall–Kier alpha value is -1.39. The fourth-order valence-electron chi connectivity index (χ4n) is 1.48. The van der Waals surface area contributed by atoms with Crippen LogP contribution in [0.1, 0.15) is 31.0 Å². The number of hydrogen-bond donors (Lipinski definition) is 3. The highest BCUT2D eigenvalue weighted by molar-refractivity contribution is 5.75. The van der Waals surface area contributed by atoms with E-state index in [-0.39, 0.29) is 0 Å². The van der Waals surface area contributed by atoms with Gasteiger partial charge < -0.3 is 15.9 Å². The van der Waals surface area contributed by atoms with Crippen LogP contribution in [-0.4, -0.2) is 21.8 Å². The van der Waals surface area contributed by atoms with Gasteiger partial charge in [0.1, 0.15) is 6.04 Å². The van der Waals surface area contributed by atoms with E-state index < -0.39 is 17.6 Å². The number of rotatable bonds is 4. The molecular weight excluding hydrogens is 206 g/mol. The van der Waals surface area contributed by atoms with Gasteiger partial charge >= 0.3 is 5.97 Å². The summed E-state index contributed by atoms with van der Waals surface area (Å²) in [6, 6.07) is 5.95. The van der Waals surface area contributed by atoms with Gasteiger partial charge in [-0.05, 0) is 25.0 Å². The van der Waals surface area contributed by atoms with Crippen LogP contribution in [0, 0.1) is 0 Å². The first-order chi connectivity index (χ1) is 7.29. The van der Waals surface area contributed by atoms with Crippen molar-refractivity contribution in [1.29, 1.82) is 0 Å². The molecular formula is C12H17NO3. The zero-order valence-electron chi connectivity index (χ0n) is 9.47. The van der Waals surface area contributed by atoms with Gasteiger partial charge in [0.25, 0.3) is 0 Å². The summed E-state index contributed by atoms with van der Waals surface area (Å²) in [7, 11) is 0. The van der Waals surface area contributed by atoms with E-state index in [1.54, 1.807) is 38.1 Å². The Morgan fingerprint density at radius 1 is 1.38 bits per heavy atom.